The number of hydrogen-bond donors (Lipinski definition) is 1. The fourth-order valence-electron chi connectivity index (χ4n) is 0.715. The van der Waals surface area contributed by atoms with Gasteiger partial charge in [-0.1, -0.05) is 13.3 Å². The Morgan fingerprint density at radius 1 is 1.60 bits per heavy atom. The van der Waals surface area contributed by atoms with Gasteiger partial charge in [0.05, 0.1) is 5.70 Å². The molecule has 0 saturated heterocycles. The third-order valence-electron chi connectivity index (χ3n) is 1.27. The first-order chi connectivity index (χ1) is 4.85. The molecule has 58 valence electrons. The van der Waals surface area contributed by atoms with Crippen molar-refractivity contribution in [1.29, 1.82) is 0 Å². The summed E-state index contributed by atoms with van der Waals surface area (Å²) in [5.41, 5.74) is 6.31. The number of hydrogen-bond acceptors (Lipinski definition) is 2. The second kappa shape index (κ2) is 6.33. The quantitative estimate of drug-likeness (QED) is 0.596. The van der Waals surface area contributed by atoms with Gasteiger partial charge in [-0.25, -0.2) is 0 Å². The predicted molar refractivity (Wildman–Crippen MR) is 46.0 cm³/mol. The molecule has 0 bridgehead atoms. The van der Waals surface area contributed by atoms with E-state index in [9.17, 15) is 0 Å². The summed E-state index contributed by atoms with van der Waals surface area (Å²) in [6.45, 7) is 4.05. The first-order valence-corrected chi connectivity index (χ1v) is 3.74. The lowest BCUT2D eigenvalue weighted by Gasteiger charge is -1.96. The van der Waals surface area contributed by atoms with Crippen LogP contribution in [0, 0.1) is 0 Å². The highest BCUT2D eigenvalue weighted by Crippen LogP contribution is 2.05. The van der Waals surface area contributed by atoms with Gasteiger partial charge in [-0.05, 0) is 19.8 Å². The maximum absolute atomic E-state index is 5.32. The molecule has 2 N–H and O–H groups in total. The van der Waals surface area contributed by atoms with Crippen molar-refractivity contribution in [3.8, 4) is 0 Å². The van der Waals surface area contributed by atoms with Crippen molar-refractivity contribution in [1.82, 2.24) is 0 Å². The average molecular weight is 140 g/mol. The highest BCUT2D eigenvalue weighted by atomic mass is 14.7. The molecule has 10 heavy (non-hydrogen) atoms. The minimum Gasteiger partial charge on any atom is -0.403 e. The van der Waals surface area contributed by atoms with Crippen molar-refractivity contribution >= 4 is 6.21 Å². The predicted octanol–water partition coefficient (Wildman–Crippen LogP) is 2.07. The molecule has 0 aromatic heterocycles. The van der Waals surface area contributed by atoms with Crippen LogP contribution < -0.4 is 5.73 Å². The lowest BCUT2D eigenvalue weighted by Crippen LogP contribution is -1.86. The minimum absolute atomic E-state index is 0.990. The Hall–Kier alpha value is -0.790. The van der Waals surface area contributed by atoms with Gasteiger partial charge in [-0.2, -0.15) is 0 Å². The van der Waals surface area contributed by atoms with Crippen molar-refractivity contribution < 1.29 is 0 Å². The summed E-state index contributed by atoms with van der Waals surface area (Å²) in [5, 5.41) is 0. The van der Waals surface area contributed by atoms with E-state index < -0.39 is 0 Å². The normalized spacial score (nSPS) is 12.8. The second-order valence-corrected chi connectivity index (χ2v) is 2.15. The Morgan fingerprint density at radius 2 is 2.30 bits per heavy atom. The molecule has 0 aromatic carbocycles. The maximum Gasteiger partial charge on any atom is 0.0553 e. The van der Waals surface area contributed by atoms with Crippen molar-refractivity contribution in [2.45, 2.75) is 33.1 Å². The van der Waals surface area contributed by atoms with Gasteiger partial charge in [0.15, 0.2) is 0 Å². The number of rotatable bonds is 4. The smallest absolute Gasteiger partial charge is 0.0553 e. The van der Waals surface area contributed by atoms with Crippen molar-refractivity contribution in [3.63, 3.8) is 0 Å². The van der Waals surface area contributed by atoms with Crippen LogP contribution >= 0.6 is 0 Å². The van der Waals surface area contributed by atoms with E-state index >= 15 is 0 Å². The third-order valence-corrected chi connectivity index (χ3v) is 1.27. The Bertz CT molecular complexity index is 125. The van der Waals surface area contributed by atoms with E-state index in [-0.39, 0.29) is 0 Å². The molecule has 0 unspecified atom stereocenters. The highest BCUT2D eigenvalue weighted by molar-refractivity contribution is 5.55. The molecule has 0 fully saturated rings. The van der Waals surface area contributed by atoms with E-state index in [1.54, 1.807) is 12.4 Å². The molecule has 0 atom stereocenters. The van der Waals surface area contributed by atoms with Crippen LogP contribution in [0.2, 0.25) is 0 Å². The van der Waals surface area contributed by atoms with Gasteiger partial charge < -0.3 is 5.73 Å². The minimum atomic E-state index is 0.990. The van der Waals surface area contributed by atoms with Crippen LogP contribution in [0.5, 0.6) is 0 Å². The molecule has 0 heterocycles. The molecule has 0 rings (SSSR count). The van der Waals surface area contributed by atoms with E-state index in [0.717, 1.165) is 12.1 Å². The van der Waals surface area contributed by atoms with Crippen LogP contribution in [-0.4, -0.2) is 6.21 Å². The fraction of sp³-hybridized carbons (Fsp3) is 0.625. The number of aliphatic imine (C=N–C) groups is 1. The lowest BCUT2D eigenvalue weighted by molar-refractivity contribution is 0.780. The molecule has 0 aliphatic heterocycles. The first kappa shape index (κ1) is 9.21. The summed E-state index contributed by atoms with van der Waals surface area (Å²) in [4.78, 5) is 4.09. The Balaban J connectivity index is 3.62. The van der Waals surface area contributed by atoms with Gasteiger partial charge in [-0.3, -0.25) is 4.99 Å². The molecule has 0 amide bonds. The summed E-state index contributed by atoms with van der Waals surface area (Å²) < 4.78 is 0. The fourth-order valence-corrected chi connectivity index (χ4v) is 0.715. The zero-order valence-corrected chi connectivity index (χ0v) is 6.80. The topological polar surface area (TPSA) is 38.4 Å². The molecule has 0 radical (unpaired) electrons. The van der Waals surface area contributed by atoms with Crippen molar-refractivity contribution in [3.05, 3.63) is 11.9 Å². The number of allylic oxidation sites excluding steroid dienone is 1. The summed E-state index contributed by atoms with van der Waals surface area (Å²) in [5.74, 6) is 0. The van der Waals surface area contributed by atoms with E-state index in [0.29, 0.717) is 0 Å². The van der Waals surface area contributed by atoms with Crippen molar-refractivity contribution in [2.24, 2.45) is 10.7 Å². The molecule has 0 spiro atoms. The van der Waals surface area contributed by atoms with Gasteiger partial charge in [0.25, 0.3) is 0 Å². The highest BCUT2D eigenvalue weighted by Gasteiger charge is 1.89. The molecule has 2 nitrogen and oxygen atoms in total. The standard InChI is InChI=1S/C8H16N2/c1-3-5-6-8(7-9)10-4-2/h4,7H,3,5-6,9H2,1-2H3/b8-7-,10-4-. The van der Waals surface area contributed by atoms with Crippen molar-refractivity contribution in [2.75, 3.05) is 0 Å². The van der Waals surface area contributed by atoms with Gasteiger partial charge in [0.1, 0.15) is 0 Å². The summed E-state index contributed by atoms with van der Waals surface area (Å²) in [7, 11) is 0. The largest absolute Gasteiger partial charge is 0.403 e. The number of nitrogens with zero attached hydrogens (tertiary/aromatic N) is 1. The van der Waals surface area contributed by atoms with E-state index in [2.05, 4.69) is 11.9 Å². The SMILES string of the molecule is C/C=N\C(=C/N)CCCC. The molecular weight excluding hydrogens is 124 g/mol. The van der Waals surface area contributed by atoms with Gasteiger partial charge >= 0.3 is 0 Å². The number of unbranched alkanes of at least 4 members (excludes halogenated alkanes) is 1. The summed E-state index contributed by atoms with van der Waals surface area (Å²) in [6.07, 6.45) is 6.71. The van der Waals surface area contributed by atoms with Crippen LogP contribution in [0.3, 0.4) is 0 Å². The molecule has 0 aliphatic carbocycles. The Morgan fingerprint density at radius 3 is 2.70 bits per heavy atom. The zero-order chi connectivity index (χ0) is 7.82. The average Bonchev–Trinajstić information content (AvgIpc) is 1.98. The molecule has 0 aromatic rings. The Labute approximate surface area is 62.8 Å². The summed E-state index contributed by atoms with van der Waals surface area (Å²) in [6, 6.07) is 0. The molecular formula is C8H16N2. The second-order valence-electron chi connectivity index (χ2n) is 2.15. The Kier molecular flexibility index (Phi) is 5.83. The lowest BCUT2D eigenvalue weighted by atomic mass is 10.2. The van der Waals surface area contributed by atoms with E-state index in [1.165, 1.54) is 12.8 Å². The third kappa shape index (κ3) is 4.13. The van der Waals surface area contributed by atoms with Crippen LogP contribution in [-0.2, 0) is 0 Å². The van der Waals surface area contributed by atoms with Crippen LogP contribution in [0.15, 0.2) is 16.9 Å². The zero-order valence-electron chi connectivity index (χ0n) is 6.80. The number of nitrogens with two attached hydrogens (primary N) is 1. The molecule has 2 heteroatoms. The van der Waals surface area contributed by atoms with Gasteiger partial charge in [0.2, 0.25) is 0 Å². The van der Waals surface area contributed by atoms with Gasteiger partial charge in [-0.15, -0.1) is 0 Å². The first-order valence-electron chi connectivity index (χ1n) is 3.74. The maximum atomic E-state index is 5.32. The van der Waals surface area contributed by atoms with E-state index in [1.807, 2.05) is 6.92 Å². The summed E-state index contributed by atoms with van der Waals surface area (Å²) >= 11 is 0. The molecule has 0 aliphatic rings. The van der Waals surface area contributed by atoms with Gasteiger partial charge in [0, 0.05) is 12.4 Å². The molecule has 0 saturated carbocycles. The monoisotopic (exact) mass is 140 g/mol. The van der Waals surface area contributed by atoms with Crippen LogP contribution in [0.4, 0.5) is 0 Å². The van der Waals surface area contributed by atoms with Crippen LogP contribution in [0.25, 0.3) is 0 Å². The van der Waals surface area contributed by atoms with E-state index in [4.69, 9.17) is 5.73 Å². The van der Waals surface area contributed by atoms with Crippen LogP contribution in [0.1, 0.15) is 33.1 Å².